The summed E-state index contributed by atoms with van der Waals surface area (Å²) in [6.07, 6.45) is 45.8. The second-order valence-electron chi connectivity index (χ2n) is 17.6. The summed E-state index contributed by atoms with van der Waals surface area (Å²) < 4.78 is 30.3. The second-order valence-corrected chi connectivity index (χ2v) is 19.0. The van der Waals surface area contributed by atoms with E-state index in [9.17, 15) is 9.46 Å². The van der Waals surface area contributed by atoms with Crippen molar-refractivity contribution in [3.05, 3.63) is 0 Å². The lowest BCUT2D eigenvalue weighted by molar-refractivity contribution is -0.870. The zero-order chi connectivity index (χ0) is 39.7. The van der Waals surface area contributed by atoms with E-state index in [-0.39, 0.29) is 6.61 Å². The van der Waals surface area contributed by atoms with Crippen LogP contribution in [0.1, 0.15) is 232 Å². The average Bonchev–Trinajstić information content (AvgIpc) is 3.12. The number of ether oxygens (including phenoxy) is 1. The minimum Gasteiger partial charge on any atom is -0.379 e. The third kappa shape index (κ3) is 44.7. The van der Waals surface area contributed by atoms with Crippen LogP contribution in [0.4, 0.5) is 0 Å². The zero-order valence-electron chi connectivity index (χ0n) is 37.3. The molecule has 2 N–H and O–H groups in total. The number of nitrogens with zero attached hydrogens (tertiary/aromatic N) is 1. The van der Waals surface area contributed by atoms with Crippen molar-refractivity contribution in [2.75, 3.05) is 60.6 Å². The highest BCUT2D eigenvalue weighted by atomic mass is 31.2. The summed E-state index contributed by atoms with van der Waals surface area (Å²) in [5.41, 5.74) is 0. The summed E-state index contributed by atoms with van der Waals surface area (Å²) in [5, 5.41) is 3.46. The first-order valence-electron chi connectivity index (χ1n) is 23.9. The molecule has 326 valence electrons. The smallest absolute Gasteiger partial charge is 0.379 e. The summed E-state index contributed by atoms with van der Waals surface area (Å²) in [7, 11) is 1.95. The van der Waals surface area contributed by atoms with Gasteiger partial charge in [0.2, 0.25) is 0 Å². The van der Waals surface area contributed by atoms with Gasteiger partial charge in [0.25, 0.3) is 0 Å². The van der Waals surface area contributed by atoms with Crippen LogP contribution < -0.4 is 5.32 Å². The van der Waals surface area contributed by atoms with Crippen LogP contribution >= 0.6 is 7.82 Å². The molecule has 0 aromatic rings. The fraction of sp³-hybridized carbons (Fsp3) is 1.00. The van der Waals surface area contributed by atoms with E-state index >= 15 is 0 Å². The van der Waals surface area contributed by atoms with Gasteiger partial charge in [-0.15, -0.1) is 0 Å². The maximum absolute atomic E-state index is 12.7. The molecule has 0 aliphatic rings. The number of rotatable bonds is 46. The van der Waals surface area contributed by atoms with Crippen LogP contribution in [-0.2, 0) is 18.3 Å². The molecule has 7 nitrogen and oxygen atoms in total. The number of likely N-dealkylation sites (N-methyl/N-ethyl adjacent to an activating group) is 1. The van der Waals surface area contributed by atoms with E-state index in [1.54, 1.807) is 0 Å². The maximum Gasteiger partial charge on any atom is 0.472 e. The molecule has 54 heavy (non-hydrogen) atoms. The van der Waals surface area contributed by atoms with E-state index in [1.165, 1.54) is 205 Å². The Morgan fingerprint density at radius 3 is 1.19 bits per heavy atom. The minimum absolute atomic E-state index is 0.177. The molecule has 0 saturated carbocycles. The van der Waals surface area contributed by atoms with Crippen molar-refractivity contribution in [2.45, 2.75) is 238 Å². The Bertz CT molecular complexity index is 781. The van der Waals surface area contributed by atoms with E-state index in [4.69, 9.17) is 13.8 Å². The van der Waals surface area contributed by atoms with Gasteiger partial charge < -0.3 is 19.4 Å². The number of nitrogens with one attached hydrogen (secondary N) is 1. The Morgan fingerprint density at radius 1 is 0.500 bits per heavy atom. The third-order valence-corrected chi connectivity index (χ3v) is 11.9. The van der Waals surface area contributed by atoms with Gasteiger partial charge in [-0.1, -0.05) is 219 Å². The van der Waals surface area contributed by atoms with E-state index in [2.05, 4.69) is 19.2 Å². The highest BCUT2D eigenvalue weighted by Crippen LogP contribution is 2.44. The van der Waals surface area contributed by atoms with Crippen molar-refractivity contribution >= 4 is 7.82 Å². The SMILES string of the molecule is CCCCCCCCCCCCCCCCCCCCNCC(COCCCCCCCCCCCCCCCCCC)OP(=O)(O)OCC[N+](C)(C)C. The number of hydrogen-bond acceptors (Lipinski definition) is 5. The van der Waals surface area contributed by atoms with Gasteiger partial charge in [0.15, 0.2) is 0 Å². The molecule has 0 spiro atoms. The monoisotopic (exact) mass is 790 g/mol. The Morgan fingerprint density at radius 2 is 0.833 bits per heavy atom. The molecule has 0 aromatic carbocycles. The summed E-state index contributed by atoms with van der Waals surface area (Å²) in [5.74, 6) is 0. The van der Waals surface area contributed by atoms with Gasteiger partial charge in [0.1, 0.15) is 19.3 Å². The van der Waals surface area contributed by atoms with Crippen LogP contribution in [0.15, 0.2) is 0 Å². The Hall–Kier alpha value is -0.0100. The quantitative estimate of drug-likeness (QED) is 0.0363. The second kappa shape index (κ2) is 41.2. The predicted octanol–water partition coefficient (Wildman–Crippen LogP) is 14.1. The van der Waals surface area contributed by atoms with Crippen LogP contribution in [0.5, 0.6) is 0 Å². The minimum atomic E-state index is -4.15. The molecular formula is C46H98N2O5P+. The fourth-order valence-electron chi connectivity index (χ4n) is 7.16. The first kappa shape index (κ1) is 54.0. The van der Waals surface area contributed by atoms with Crippen molar-refractivity contribution in [3.8, 4) is 0 Å². The van der Waals surface area contributed by atoms with Gasteiger partial charge >= 0.3 is 7.82 Å². The highest BCUT2D eigenvalue weighted by molar-refractivity contribution is 7.47. The highest BCUT2D eigenvalue weighted by Gasteiger charge is 2.27. The molecule has 2 unspecified atom stereocenters. The molecule has 0 aromatic heterocycles. The topological polar surface area (TPSA) is 77.0 Å². The molecule has 0 radical (unpaired) electrons. The van der Waals surface area contributed by atoms with Gasteiger partial charge in [-0.05, 0) is 19.4 Å². The molecule has 0 saturated heterocycles. The number of phosphoric ester groups is 1. The van der Waals surface area contributed by atoms with E-state index in [1.807, 2.05) is 21.1 Å². The lowest BCUT2D eigenvalue weighted by atomic mass is 10.0. The first-order valence-corrected chi connectivity index (χ1v) is 25.4. The summed E-state index contributed by atoms with van der Waals surface area (Å²) in [6, 6.07) is 0. The van der Waals surface area contributed by atoms with Gasteiger partial charge in [0, 0.05) is 13.2 Å². The van der Waals surface area contributed by atoms with Crippen molar-refractivity contribution in [2.24, 2.45) is 0 Å². The maximum atomic E-state index is 12.7. The van der Waals surface area contributed by atoms with Gasteiger partial charge in [0.05, 0.1) is 27.7 Å². The van der Waals surface area contributed by atoms with Crippen LogP contribution in [0.25, 0.3) is 0 Å². The van der Waals surface area contributed by atoms with E-state index in [0.29, 0.717) is 30.8 Å². The lowest BCUT2D eigenvalue weighted by Crippen LogP contribution is -2.37. The van der Waals surface area contributed by atoms with Crippen molar-refractivity contribution in [1.29, 1.82) is 0 Å². The Labute approximate surface area is 338 Å². The van der Waals surface area contributed by atoms with E-state index in [0.717, 1.165) is 19.4 Å². The number of phosphoric acid groups is 1. The number of unbranched alkanes of at least 4 members (excludes halogenated alkanes) is 32. The standard InChI is InChI=1S/C46H97N2O5P/c1-6-8-10-12-14-16-18-20-22-24-25-26-28-30-32-34-36-38-40-47-44-46(53-54(49,50)52-43-41-48(3,4)5)45-51-42-39-37-35-33-31-29-27-23-21-19-17-15-13-11-9-7-2/h46-47H,6-45H2,1-5H3/p+1. The third-order valence-electron chi connectivity index (χ3n) is 10.8. The Balaban J connectivity index is 3.97. The van der Waals surface area contributed by atoms with Crippen LogP contribution in [-0.4, -0.2) is 76.1 Å². The summed E-state index contributed by atoms with van der Waals surface area (Å²) in [4.78, 5) is 10.4. The molecule has 0 amide bonds. The predicted molar refractivity (Wildman–Crippen MR) is 236 cm³/mol. The fourth-order valence-corrected chi connectivity index (χ4v) is 8.04. The first-order chi connectivity index (χ1) is 26.2. The van der Waals surface area contributed by atoms with Gasteiger partial charge in [-0.2, -0.15) is 0 Å². The molecule has 0 bridgehead atoms. The molecule has 0 fully saturated rings. The average molecular weight is 790 g/mol. The zero-order valence-corrected chi connectivity index (χ0v) is 38.2. The molecule has 0 aliphatic carbocycles. The lowest BCUT2D eigenvalue weighted by Gasteiger charge is -2.25. The molecule has 8 heteroatoms. The van der Waals surface area contributed by atoms with E-state index < -0.39 is 13.9 Å². The Kier molecular flexibility index (Phi) is 41.2. The van der Waals surface area contributed by atoms with Crippen LogP contribution in [0, 0.1) is 0 Å². The molecule has 0 aliphatic heterocycles. The largest absolute Gasteiger partial charge is 0.472 e. The molecule has 0 rings (SSSR count). The van der Waals surface area contributed by atoms with Gasteiger partial charge in [-0.25, -0.2) is 4.57 Å². The van der Waals surface area contributed by atoms with Crippen molar-refractivity contribution in [1.82, 2.24) is 5.32 Å². The normalized spacial score (nSPS) is 13.8. The van der Waals surface area contributed by atoms with Gasteiger partial charge in [-0.3, -0.25) is 9.05 Å². The summed E-state index contributed by atoms with van der Waals surface area (Å²) in [6.45, 7) is 7.72. The molecule has 0 heterocycles. The number of hydrogen-bond donors (Lipinski definition) is 2. The number of quaternary nitrogens is 1. The van der Waals surface area contributed by atoms with Crippen molar-refractivity contribution < 1.29 is 27.7 Å². The van der Waals surface area contributed by atoms with Crippen LogP contribution in [0.2, 0.25) is 0 Å². The van der Waals surface area contributed by atoms with Crippen molar-refractivity contribution in [3.63, 3.8) is 0 Å². The molecule has 2 atom stereocenters. The summed E-state index contributed by atoms with van der Waals surface area (Å²) >= 11 is 0. The van der Waals surface area contributed by atoms with Crippen LogP contribution in [0.3, 0.4) is 0 Å². The molecular weight excluding hydrogens is 691 g/mol.